The van der Waals surface area contributed by atoms with Crippen LogP contribution in [-0.2, 0) is 17.6 Å². The molecule has 18 heteroatoms. The van der Waals surface area contributed by atoms with Gasteiger partial charge >= 0.3 is 17.9 Å². The van der Waals surface area contributed by atoms with E-state index in [0.29, 0.717) is 52.2 Å². The number of carboxylic acid groups (broad SMARTS) is 3. The Hall–Kier alpha value is -9.45. The Morgan fingerprint density at radius 1 is 0.500 bits per heavy atom. The van der Waals surface area contributed by atoms with Crippen LogP contribution >= 0.6 is 0 Å². The lowest BCUT2D eigenvalue weighted by Gasteiger charge is -2.06. The van der Waals surface area contributed by atoms with E-state index in [0.717, 1.165) is 33.4 Å². The van der Waals surface area contributed by atoms with Gasteiger partial charge in [-0.25, -0.2) is 18.8 Å². The van der Waals surface area contributed by atoms with Gasteiger partial charge in [-0.15, -0.1) is 0 Å². The van der Waals surface area contributed by atoms with Crippen LogP contribution in [0.25, 0.3) is 45.8 Å². The van der Waals surface area contributed by atoms with Gasteiger partial charge in [0.2, 0.25) is 11.7 Å². The highest BCUT2D eigenvalue weighted by molar-refractivity contribution is 5.92. The largest absolute Gasteiger partial charge is 0.478 e. The summed E-state index contributed by atoms with van der Waals surface area (Å²) in [5.41, 5.74) is 9.22. The molecule has 0 saturated heterocycles. The Labute approximate surface area is 398 Å². The van der Waals surface area contributed by atoms with Crippen molar-refractivity contribution in [2.24, 2.45) is 0 Å². The van der Waals surface area contributed by atoms with Crippen LogP contribution < -0.4 is 5.32 Å². The normalized spacial score (nSPS) is 10.6. The molecule has 1 amide bonds. The molecule has 0 radical (unpaired) electrons. The van der Waals surface area contributed by atoms with Crippen molar-refractivity contribution in [3.8, 4) is 45.8 Å². The molecule has 0 aliphatic rings. The Morgan fingerprint density at radius 2 is 0.971 bits per heavy atom. The van der Waals surface area contributed by atoms with Crippen molar-refractivity contribution >= 4 is 29.5 Å². The Bertz CT molecular complexity index is 3290. The summed E-state index contributed by atoms with van der Waals surface area (Å²) < 4.78 is 28.7. The predicted molar refractivity (Wildman–Crippen MR) is 252 cm³/mol. The molecule has 0 aliphatic carbocycles. The number of rotatable bonds is 12. The molecule has 3 heterocycles. The van der Waals surface area contributed by atoms with Crippen LogP contribution in [0.4, 0.5) is 10.1 Å². The molecule has 17 nitrogen and oxygen atoms in total. The topological polar surface area (TPSA) is 258 Å². The first-order valence-electron chi connectivity index (χ1n) is 21.3. The van der Waals surface area contributed by atoms with E-state index in [1.54, 1.807) is 42.5 Å². The van der Waals surface area contributed by atoms with Crippen molar-refractivity contribution in [2.45, 2.75) is 40.5 Å². The van der Waals surface area contributed by atoms with Gasteiger partial charge in [0.15, 0.2) is 11.6 Å². The number of aromatic nitrogens is 6. The van der Waals surface area contributed by atoms with E-state index in [4.69, 9.17) is 28.9 Å². The van der Waals surface area contributed by atoms with Crippen LogP contribution in [0.2, 0.25) is 0 Å². The number of benzene rings is 6. The van der Waals surface area contributed by atoms with Crippen LogP contribution in [0.5, 0.6) is 0 Å². The molecule has 70 heavy (non-hydrogen) atoms. The summed E-state index contributed by atoms with van der Waals surface area (Å²) in [6.07, 6.45) is 0.409. The average Bonchev–Trinajstić information content (AvgIpc) is 4.15. The summed E-state index contributed by atoms with van der Waals surface area (Å²) in [6.45, 7) is 7.82. The lowest BCUT2D eigenvalue weighted by atomic mass is 10.1. The number of carbonyl (C=O) groups excluding carboxylic acids is 1. The standard InChI is InChI=1S/C19H17N3O4.C17H13FN2O3.C16H12N2O3/c1-11-3-8-15(9-12(11)2)20-17(23)10-16-21-18(26-22-16)13-4-6-14(7-5-13)19(24)25;1-10-8-14(18)7-6-13(10)9-15-19-16(23-20-15)11-2-4-12(5-3-11)17(21)22;1-10-2-4-11(5-3-10)14-17-15(21-18-14)12-6-8-13(9-7-12)16(19)20/h3-9H,10H2,1-2H3,(H,20,23)(H,24,25);2-8H,9H2,1H3,(H,21,22);2-9H,1H3,(H,19,20). The monoisotopic (exact) mass is 943 g/mol. The van der Waals surface area contributed by atoms with E-state index in [1.165, 1.54) is 48.5 Å². The highest BCUT2D eigenvalue weighted by atomic mass is 19.1. The maximum Gasteiger partial charge on any atom is 0.335 e. The number of carbonyl (C=O) groups is 4. The zero-order chi connectivity index (χ0) is 49.9. The summed E-state index contributed by atoms with van der Waals surface area (Å²) in [7, 11) is 0. The zero-order valence-corrected chi connectivity index (χ0v) is 37.9. The summed E-state index contributed by atoms with van der Waals surface area (Å²) >= 11 is 0. The second-order valence-electron chi connectivity index (χ2n) is 15.7. The third-order valence-corrected chi connectivity index (χ3v) is 10.6. The van der Waals surface area contributed by atoms with Crippen LogP contribution in [0.1, 0.15) is 70.5 Å². The van der Waals surface area contributed by atoms with Gasteiger partial charge in [-0.05, 0) is 147 Å². The lowest BCUT2D eigenvalue weighted by Crippen LogP contribution is -2.15. The van der Waals surface area contributed by atoms with Crippen molar-refractivity contribution in [3.63, 3.8) is 0 Å². The molecular weight excluding hydrogens is 902 g/mol. The zero-order valence-electron chi connectivity index (χ0n) is 37.9. The molecule has 0 unspecified atom stereocenters. The molecule has 0 atom stereocenters. The highest BCUT2D eigenvalue weighted by Gasteiger charge is 2.16. The van der Waals surface area contributed by atoms with Crippen molar-refractivity contribution in [1.29, 1.82) is 0 Å². The second kappa shape index (κ2) is 21.9. The second-order valence-corrected chi connectivity index (χ2v) is 15.7. The summed E-state index contributed by atoms with van der Waals surface area (Å²) in [5.74, 6) is -1.34. The van der Waals surface area contributed by atoms with Crippen molar-refractivity contribution in [3.05, 3.63) is 195 Å². The minimum atomic E-state index is -1.01. The van der Waals surface area contributed by atoms with Crippen molar-refractivity contribution < 1.29 is 52.5 Å². The van der Waals surface area contributed by atoms with Gasteiger partial charge in [-0.1, -0.05) is 57.4 Å². The third kappa shape index (κ3) is 12.7. The smallest absolute Gasteiger partial charge is 0.335 e. The maximum absolute atomic E-state index is 13.1. The molecule has 0 bridgehead atoms. The average molecular weight is 944 g/mol. The molecule has 3 aromatic heterocycles. The van der Waals surface area contributed by atoms with E-state index in [-0.39, 0.29) is 46.6 Å². The fraction of sp³-hybridized carbons (Fsp3) is 0.115. The predicted octanol–water partition coefficient (Wildman–Crippen LogP) is 10.1. The quantitative estimate of drug-likeness (QED) is 0.0888. The number of nitrogens with one attached hydrogen (secondary N) is 1. The summed E-state index contributed by atoms with van der Waals surface area (Å²) in [4.78, 5) is 57.5. The van der Waals surface area contributed by atoms with Gasteiger partial charge in [0, 0.05) is 34.4 Å². The number of amides is 1. The fourth-order valence-electron chi connectivity index (χ4n) is 6.51. The van der Waals surface area contributed by atoms with Crippen LogP contribution in [0.15, 0.2) is 147 Å². The number of aryl methyl sites for hydroxylation is 4. The van der Waals surface area contributed by atoms with Gasteiger partial charge in [0.1, 0.15) is 5.82 Å². The van der Waals surface area contributed by atoms with Gasteiger partial charge in [-0.3, -0.25) is 4.79 Å². The Balaban J connectivity index is 0.000000156. The fourth-order valence-corrected chi connectivity index (χ4v) is 6.51. The molecule has 6 aromatic carbocycles. The van der Waals surface area contributed by atoms with E-state index in [2.05, 4.69) is 35.7 Å². The minimum Gasteiger partial charge on any atom is -0.478 e. The summed E-state index contributed by atoms with van der Waals surface area (Å²) in [6, 6.07) is 36.6. The maximum atomic E-state index is 13.1. The molecule has 4 N–H and O–H groups in total. The van der Waals surface area contributed by atoms with E-state index in [9.17, 15) is 23.6 Å². The summed E-state index contributed by atoms with van der Waals surface area (Å²) in [5, 5.41) is 41.1. The molecule has 9 rings (SSSR count). The molecule has 9 aromatic rings. The Morgan fingerprint density at radius 3 is 1.47 bits per heavy atom. The van der Waals surface area contributed by atoms with Crippen LogP contribution in [0.3, 0.4) is 0 Å². The highest BCUT2D eigenvalue weighted by Crippen LogP contribution is 2.24. The third-order valence-electron chi connectivity index (χ3n) is 10.6. The SMILES string of the molecule is Cc1cc(F)ccc1Cc1noc(-c2ccc(C(=O)O)cc2)n1.Cc1ccc(-c2noc(-c3ccc(C(=O)O)cc3)n2)cc1.Cc1ccc(NC(=O)Cc2noc(-c3ccc(C(=O)O)cc3)n2)cc1C. The van der Waals surface area contributed by atoms with Gasteiger partial charge in [0.25, 0.3) is 17.7 Å². The number of carboxylic acids is 3. The first-order valence-corrected chi connectivity index (χ1v) is 21.3. The lowest BCUT2D eigenvalue weighted by molar-refractivity contribution is -0.115. The molecular formula is C52H42FN7O10. The number of nitrogens with zero attached hydrogens (tertiary/aromatic N) is 6. The van der Waals surface area contributed by atoms with Gasteiger partial charge in [-0.2, -0.15) is 15.0 Å². The molecule has 0 fully saturated rings. The first kappa shape index (κ1) is 48.5. The van der Waals surface area contributed by atoms with Crippen LogP contribution in [0, 0.1) is 33.5 Å². The first-order chi connectivity index (χ1) is 33.6. The molecule has 0 aliphatic heterocycles. The van der Waals surface area contributed by atoms with E-state index >= 15 is 0 Å². The molecule has 0 saturated carbocycles. The number of hydrogen-bond donors (Lipinski definition) is 4. The van der Waals surface area contributed by atoms with E-state index in [1.807, 2.05) is 70.2 Å². The number of halogens is 1. The minimum absolute atomic E-state index is 0.0242. The Kier molecular flexibility index (Phi) is 15.2. The number of hydrogen-bond acceptors (Lipinski definition) is 13. The van der Waals surface area contributed by atoms with Gasteiger partial charge in [0.05, 0.1) is 23.1 Å². The van der Waals surface area contributed by atoms with Crippen molar-refractivity contribution in [2.75, 3.05) is 5.32 Å². The number of anilines is 1. The van der Waals surface area contributed by atoms with Crippen molar-refractivity contribution in [1.82, 2.24) is 30.4 Å². The van der Waals surface area contributed by atoms with Gasteiger partial charge < -0.3 is 34.2 Å². The van der Waals surface area contributed by atoms with E-state index < -0.39 is 17.9 Å². The number of aromatic carboxylic acids is 3. The molecule has 352 valence electrons. The molecule has 0 spiro atoms. The van der Waals surface area contributed by atoms with Crippen LogP contribution in [-0.4, -0.2) is 69.6 Å².